The van der Waals surface area contributed by atoms with E-state index < -0.39 is 5.54 Å². The zero-order valence-corrected chi connectivity index (χ0v) is 22.8. The van der Waals surface area contributed by atoms with Gasteiger partial charge in [-0.25, -0.2) is 9.97 Å². The van der Waals surface area contributed by atoms with Gasteiger partial charge in [-0.2, -0.15) is 0 Å². The van der Waals surface area contributed by atoms with Crippen LogP contribution in [0.3, 0.4) is 0 Å². The van der Waals surface area contributed by atoms with Crippen LogP contribution in [0.1, 0.15) is 30.3 Å². The topological polar surface area (TPSA) is 135 Å². The van der Waals surface area contributed by atoms with Crippen molar-refractivity contribution >= 4 is 40.3 Å². The number of fused-ring (bicyclic) bond motifs is 1. The van der Waals surface area contributed by atoms with Crippen LogP contribution in [0.25, 0.3) is 22.4 Å². The van der Waals surface area contributed by atoms with Crippen LogP contribution in [0, 0.1) is 0 Å². The number of carbonyl (C=O) groups is 3. The highest BCUT2D eigenvalue weighted by Gasteiger charge is 2.50. The Hall–Kier alpha value is -4.93. The highest BCUT2D eigenvalue weighted by Crippen LogP contribution is 2.36. The Labute approximate surface area is 237 Å². The molecule has 41 heavy (non-hydrogen) atoms. The molecule has 6 rings (SSSR count). The van der Waals surface area contributed by atoms with Gasteiger partial charge in [0.1, 0.15) is 22.7 Å². The number of piperidine rings is 1. The molecular weight excluding hydrogens is 520 g/mol. The van der Waals surface area contributed by atoms with Crippen molar-refractivity contribution in [1.82, 2.24) is 30.5 Å². The van der Waals surface area contributed by atoms with E-state index in [1.807, 2.05) is 60.7 Å². The van der Waals surface area contributed by atoms with Crippen LogP contribution in [-0.2, 0) is 9.59 Å². The fraction of sp³-hybridized carbons (Fsp3) is 0.300. The summed E-state index contributed by atoms with van der Waals surface area (Å²) in [4.78, 5) is 54.6. The first kappa shape index (κ1) is 26.3. The molecule has 0 radical (unpaired) electrons. The first-order chi connectivity index (χ1) is 19.9. The molecule has 0 bridgehead atoms. The molecule has 2 aliphatic rings. The number of carbonyl (C=O) groups excluding carboxylic acids is 3. The van der Waals surface area contributed by atoms with Crippen molar-refractivity contribution in [2.45, 2.75) is 25.3 Å². The molecule has 0 unspecified atom stereocenters. The number of anilines is 2. The second-order valence-electron chi connectivity index (χ2n) is 10.4. The Morgan fingerprint density at radius 1 is 0.976 bits per heavy atom. The molecule has 4 N–H and O–H groups in total. The highest BCUT2D eigenvalue weighted by atomic mass is 16.2. The van der Waals surface area contributed by atoms with Gasteiger partial charge in [0.05, 0.1) is 12.1 Å². The summed E-state index contributed by atoms with van der Waals surface area (Å²) in [6, 6.07) is 21.3. The number of para-hydroxylation sites is 1. The summed E-state index contributed by atoms with van der Waals surface area (Å²) >= 11 is 0. The van der Waals surface area contributed by atoms with E-state index in [2.05, 4.69) is 25.8 Å². The standard InChI is InChI=1S/C30H32N8O3/c1-20(39)31-14-15-32-26-23-18-24(34-27(23)36-25(35-26)21-8-4-2-5-9-21)28(40)37-16-12-30(13-17-37)29(41)33-19-38(30)22-10-6-3-7-11-22/h2-11,18H,12-17,19H2,1H3,(H,31,39)(H,33,41)(H2,32,34,35,36). The monoisotopic (exact) mass is 552 g/mol. The van der Waals surface area contributed by atoms with Crippen LogP contribution in [0.15, 0.2) is 66.7 Å². The van der Waals surface area contributed by atoms with Crippen LogP contribution in [-0.4, -0.2) is 76.0 Å². The normalized spacial score (nSPS) is 16.2. The minimum Gasteiger partial charge on any atom is -0.368 e. The minimum absolute atomic E-state index is 0.0118. The molecule has 2 fully saturated rings. The van der Waals surface area contributed by atoms with Gasteiger partial charge >= 0.3 is 0 Å². The largest absolute Gasteiger partial charge is 0.368 e. The fourth-order valence-corrected chi connectivity index (χ4v) is 5.68. The number of nitrogens with one attached hydrogen (secondary N) is 4. The maximum atomic E-state index is 13.7. The second-order valence-corrected chi connectivity index (χ2v) is 10.4. The average molecular weight is 553 g/mol. The minimum atomic E-state index is -0.667. The third-order valence-corrected chi connectivity index (χ3v) is 7.82. The highest BCUT2D eigenvalue weighted by molar-refractivity contribution is 6.01. The molecule has 4 aromatic rings. The molecule has 0 atom stereocenters. The molecule has 2 aliphatic heterocycles. The number of aromatic amines is 1. The van der Waals surface area contributed by atoms with Crippen LogP contribution in [0.5, 0.6) is 0 Å². The number of amides is 3. The Morgan fingerprint density at radius 3 is 2.39 bits per heavy atom. The van der Waals surface area contributed by atoms with Crippen molar-refractivity contribution in [3.8, 4) is 11.4 Å². The van der Waals surface area contributed by atoms with Gasteiger partial charge in [0.15, 0.2) is 5.82 Å². The number of likely N-dealkylation sites (tertiary alicyclic amines) is 1. The third kappa shape index (κ3) is 5.06. The fourth-order valence-electron chi connectivity index (χ4n) is 5.68. The Balaban J connectivity index is 1.24. The van der Waals surface area contributed by atoms with E-state index in [-0.39, 0.29) is 17.7 Å². The number of H-pyrrole nitrogens is 1. The average Bonchev–Trinajstić information content (AvgIpc) is 3.57. The number of aromatic nitrogens is 3. The first-order valence-electron chi connectivity index (χ1n) is 13.8. The lowest BCUT2D eigenvalue weighted by molar-refractivity contribution is -0.125. The molecule has 2 saturated heterocycles. The quantitative estimate of drug-likeness (QED) is 0.259. The lowest BCUT2D eigenvalue weighted by Crippen LogP contribution is -2.57. The third-order valence-electron chi connectivity index (χ3n) is 7.82. The van der Waals surface area contributed by atoms with Crippen molar-refractivity contribution in [3.05, 3.63) is 72.4 Å². The summed E-state index contributed by atoms with van der Waals surface area (Å²) in [6.07, 6.45) is 1.07. The lowest BCUT2D eigenvalue weighted by atomic mass is 9.85. The van der Waals surface area contributed by atoms with Gasteiger partial charge in [0.2, 0.25) is 11.8 Å². The molecule has 210 valence electrons. The van der Waals surface area contributed by atoms with E-state index in [0.717, 1.165) is 11.3 Å². The van der Waals surface area contributed by atoms with Gasteiger partial charge in [-0.15, -0.1) is 0 Å². The predicted octanol–water partition coefficient (Wildman–Crippen LogP) is 2.74. The summed E-state index contributed by atoms with van der Waals surface area (Å²) < 4.78 is 0. The Kier molecular flexibility index (Phi) is 7.00. The second kappa shape index (κ2) is 10.9. The Morgan fingerprint density at radius 2 is 1.68 bits per heavy atom. The van der Waals surface area contributed by atoms with Gasteiger partial charge in [-0.1, -0.05) is 48.5 Å². The molecule has 4 heterocycles. The summed E-state index contributed by atoms with van der Waals surface area (Å²) in [5.74, 6) is 0.859. The molecule has 0 aliphatic carbocycles. The van der Waals surface area contributed by atoms with Crippen LogP contribution >= 0.6 is 0 Å². The number of rotatable bonds is 7. The summed E-state index contributed by atoms with van der Waals surface area (Å²) in [7, 11) is 0. The van der Waals surface area contributed by atoms with Crippen molar-refractivity contribution < 1.29 is 14.4 Å². The van der Waals surface area contributed by atoms with Gasteiger partial charge in [-0.05, 0) is 31.0 Å². The number of hydrogen-bond acceptors (Lipinski definition) is 7. The SMILES string of the molecule is CC(=O)NCCNc1nc(-c2ccccc2)nc2[nH]c(C(=O)N3CCC4(CC3)C(=O)NCN4c3ccccc3)cc12. The van der Waals surface area contributed by atoms with E-state index in [1.54, 1.807) is 11.0 Å². The van der Waals surface area contributed by atoms with E-state index in [4.69, 9.17) is 9.97 Å². The van der Waals surface area contributed by atoms with E-state index in [1.165, 1.54) is 6.92 Å². The zero-order chi connectivity index (χ0) is 28.4. The Bertz CT molecular complexity index is 1580. The zero-order valence-electron chi connectivity index (χ0n) is 22.8. The maximum Gasteiger partial charge on any atom is 0.270 e. The molecule has 2 aromatic carbocycles. The first-order valence-corrected chi connectivity index (χ1v) is 13.8. The summed E-state index contributed by atoms with van der Waals surface area (Å²) in [6.45, 7) is 3.73. The molecule has 11 heteroatoms. The van der Waals surface area contributed by atoms with Gasteiger partial charge < -0.3 is 30.7 Å². The molecule has 3 amide bonds. The van der Waals surface area contributed by atoms with Gasteiger partial charge in [0.25, 0.3) is 5.91 Å². The summed E-state index contributed by atoms with van der Waals surface area (Å²) in [5.41, 5.74) is 2.13. The number of nitrogens with zero attached hydrogens (tertiary/aromatic N) is 4. The predicted molar refractivity (Wildman–Crippen MR) is 156 cm³/mol. The number of hydrogen-bond donors (Lipinski definition) is 4. The van der Waals surface area contributed by atoms with Crippen LogP contribution in [0.4, 0.5) is 11.5 Å². The molecule has 11 nitrogen and oxygen atoms in total. The van der Waals surface area contributed by atoms with Crippen molar-refractivity contribution in [2.24, 2.45) is 0 Å². The maximum absolute atomic E-state index is 13.7. The number of benzene rings is 2. The smallest absolute Gasteiger partial charge is 0.270 e. The lowest BCUT2D eigenvalue weighted by Gasteiger charge is -2.43. The summed E-state index contributed by atoms with van der Waals surface area (Å²) in [5, 5.41) is 9.75. The molecule has 0 saturated carbocycles. The van der Waals surface area contributed by atoms with Crippen molar-refractivity contribution in [3.63, 3.8) is 0 Å². The van der Waals surface area contributed by atoms with Crippen molar-refractivity contribution in [1.29, 1.82) is 0 Å². The van der Waals surface area contributed by atoms with Gasteiger partial charge in [-0.3, -0.25) is 14.4 Å². The molecular formula is C30H32N8O3. The molecule has 2 aromatic heterocycles. The van der Waals surface area contributed by atoms with E-state index in [0.29, 0.717) is 74.1 Å². The van der Waals surface area contributed by atoms with E-state index >= 15 is 0 Å². The van der Waals surface area contributed by atoms with Crippen LogP contribution < -0.4 is 20.9 Å². The van der Waals surface area contributed by atoms with Crippen LogP contribution in [0.2, 0.25) is 0 Å². The molecule has 1 spiro atoms. The van der Waals surface area contributed by atoms with Crippen molar-refractivity contribution in [2.75, 3.05) is 43.1 Å². The van der Waals surface area contributed by atoms with E-state index in [9.17, 15) is 14.4 Å². The van der Waals surface area contributed by atoms with Gasteiger partial charge in [0, 0.05) is 44.4 Å².